The molecule has 2 heterocycles. The lowest BCUT2D eigenvalue weighted by Crippen LogP contribution is -2.29. The Balaban J connectivity index is 0.000000212. The normalized spacial score (nSPS) is 18.4. The molecular weight excluding hydrogens is 498 g/mol. The first-order chi connectivity index (χ1) is 17.3. The number of thioether (sulfide) groups is 2. The summed E-state index contributed by atoms with van der Waals surface area (Å²) in [5, 5.41) is 28.7. The summed E-state index contributed by atoms with van der Waals surface area (Å²) >= 11 is 2.41. The third-order valence-corrected chi connectivity index (χ3v) is 6.53. The molecule has 0 saturated carbocycles. The highest BCUT2D eigenvalue weighted by atomic mass is 32.2. The van der Waals surface area contributed by atoms with Crippen molar-refractivity contribution < 1.29 is 9.59 Å². The number of nitrogen functional groups attached to an aromatic ring is 1. The molecule has 0 spiro atoms. The molecule has 0 radical (unpaired) electrons. The predicted molar refractivity (Wildman–Crippen MR) is 144 cm³/mol. The minimum atomic E-state index is -0.247. The Morgan fingerprint density at radius 3 is 1.75 bits per heavy atom. The number of amides is 2. The maximum Gasteiger partial charge on any atom is 0.299 e. The number of benzene rings is 2. The van der Waals surface area contributed by atoms with Gasteiger partial charge in [-0.25, -0.2) is 10.9 Å². The van der Waals surface area contributed by atoms with Gasteiger partial charge in [0.25, 0.3) is 10.5 Å². The number of nitrogens with two attached hydrogens (primary N) is 1. The van der Waals surface area contributed by atoms with Crippen molar-refractivity contribution in [3.05, 3.63) is 59.7 Å². The molecule has 2 aliphatic heterocycles. The molecule has 36 heavy (non-hydrogen) atoms. The summed E-state index contributed by atoms with van der Waals surface area (Å²) in [5.74, 6) is 0. The van der Waals surface area contributed by atoms with Crippen LogP contribution in [0.2, 0.25) is 0 Å². The highest BCUT2D eigenvalue weighted by molar-refractivity contribution is 8.15. The van der Waals surface area contributed by atoms with Crippen molar-refractivity contribution in [3.8, 4) is 12.1 Å². The average molecular weight is 520 g/mol. The molecule has 0 aromatic heterocycles. The molecule has 11 nitrogen and oxygen atoms in total. The Morgan fingerprint density at radius 1 is 0.889 bits per heavy atom. The van der Waals surface area contributed by atoms with Gasteiger partial charge in [0.1, 0.15) is 12.1 Å². The van der Waals surface area contributed by atoms with Gasteiger partial charge in [-0.2, -0.15) is 25.8 Å². The van der Waals surface area contributed by atoms with E-state index in [0.717, 1.165) is 28.2 Å². The lowest BCUT2D eigenvalue weighted by atomic mass is 10.1. The molecule has 13 heteroatoms. The molecule has 0 bridgehead atoms. The highest BCUT2D eigenvalue weighted by Gasteiger charge is 2.23. The smallest absolute Gasteiger partial charge is 0.299 e. The molecule has 0 aliphatic carbocycles. The number of nitrogens with zero attached hydrogens (tertiary/aromatic N) is 5. The second-order valence-electron chi connectivity index (χ2n) is 7.31. The minimum Gasteiger partial charge on any atom is -0.399 e. The molecule has 2 aliphatic rings. The van der Waals surface area contributed by atoms with Crippen molar-refractivity contribution in [2.45, 2.75) is 24.3 Å². The fourth-order valence-electron chi connectivity index (χ4n) is 3.04. The molecule has 4 rings (SSSR count). The Hall–Kier alpha value is -4.33. The van der Waals surface area contributed by atoms with Crippen LogP contribution in [0.1, 0.15) is 25.0 Å². The summed E-state index contributed by atoms with van der Waals surface area (Å²) in [4.78, 5) is 22.2. The Kier molecular flexibility index (Phi) is 9.05. The Morgan fingerprint density at radius 2 is 1.33 bits per heavy atom. The lowest BCUT2D eigenvalue weighted by Gasteiger charge is -2.18. The fourth-order valence-corrected chi connectivity index (χ4v) is 4.48. The van der Waals surface area contributed by atoms with Gasteiger partial charge in [-0.15, -0.1) is 0 Å². The van der Waals surface area contributed by atoms with Crippen molar-refractivity contribution >= 4 is 62.5 Å². The van der Waals surface area contributed by atoms with Crippen molar-refractivity contribution in [1.82, 2.24) is 10.9 Å². The molecule has 0 fully saturated rings. The van der Waals surface area contributed by atoms with Crippen LogP contribution in [0, 0.1) is 22.7 Å². The predicted octanol–water partition coefficient (Wildman–Crippen LogP) is 3.87. The lowest BCUT2D eigenvalue weighted by molar-refractivity contribution is 0.260. The summed E-state index contributed by atoms with van der Waals surface area (Å²) in [5.41, 5.74) is 17.8. The number of nitriles is 2. The number of anilines is 2. The van der Waals surface area contributed by atoms with E-state index in [1.807, 2.05) is 50.2 Å². The minimum absolute atomic E-state index is 0.0284. The second kappa shape index (κ2) is 12.4. The summed E-state index contributed by atoms with van der Waals surface area (Å²) in [6, 6.07) is 17.9. The first-order valence-electron chi connectivity index (χ1n) is 10.5. The first-order valence-corrected chi connectivity index (χ1v) is 12.2. The van der Waals surface area contributed by atoms with Crippen LogP contribution in [-0.2, 0) is 0 Å². The topological polar surface area (TPSA) is 181 Å². The van der Waals surface area contributed by atoms with Crippen molar-refractivity contribution in [1.29, 1.82) is 10.5 Å². The number of hydrogen-bond donors (Lipinski definition) is 4. The van der Waals surface area contributed by atoms with Gasteiger partial charge in [0.05, 0.1) is 27.6 Å². The molecule has 182 valence electrons. The maximum atomic E-state index is 11.2. The van der Waals surface area contributed by atoms with E-state index in [2.05, 4.69) is 31.6 Å². The fraction of sp³-hybridized carbons (Fsp3) is 0.174. The van der Waals surface area contributed by atoms with Crippen LogP contribution >= 0.6 is 23.5 Å². The summed E-state index contributed by atoms with van der Waals surface area (Å²) < 4.78 is 0. The summed E-state index contributed by atoms with van der Waals surface area (Å²) in [6.07, 6.45) is 0. The van der Waals surface area contributed by atoms with Gasteiger partial charge >= 0.3 is 0 Å². The number of hydrazone groups is 3. The maximum absolute atomic E-state index is 11.2. The molecule has 5 N–H and O–H groups in total. The molecule has 2 aromatic carbocycles. The van der Waals surface area contributed by atoms with Crippen LogP contribution in [0.25, 0.3) is 0 Å². The van der Waals surface area contributed by atoms with E-state index < -0.39 is 0 Å². The molecule has 2 amide bonds. The third-order valence-electron chi connectivity index (χ3n) is 4.77. The van der Waals surface area contributed by atoms with E-state index in [4.69, 9.17) is 16.3 Å². The quantitative estimate of drug-likeness (QED) is 0.267. The van der Waals surface area contributed by atoms with Crippen molar-refractivity contribution in [2.24, 2.45) is 15.3 Å². The molecule has 2 atom stereocenters. The number of nitrogens with one attached hydrogen (secondary N) is 3. The zero-order chi connectivity index (χ0) is 26.1. The Labute approximate surface area is 215 Å². The zero-order valence-corrected chi connectivity index (χ0v) is 20.9. The van der Waals surface area contributed by atoms with Gasteiger partial charge < -0.3 is 5.73 Å². The van der Waals surface area contributed by atoms with Crippen LogP contribution in [0.4, 0.5) is 21.0 Å². The molecular formula is C23H21N9O2S2. The third kappa shape index (κ3) is 7.09. The van der Waals surface area contributed by atoms with Gasteiger partial charge in [0.15, 0.2) is 0 Å². The van der Waals surface area contributed by atoms with E-state index in [9.17, 15) is 9.59 Å². The molecule has 2 aromatic rings. The van der Waals surface area contributed by atoms with Gasteiger partial charge in [-0.05, 0) is 49.2 Å². The SMILES string of the molecule is CC1SC(=O)NN=C1c1ccc(N)cc1.CC1SC(=O)NN=C1c1ccc(NN=C(C#N)C#N)cc1. The van der Waals surface area contributed by atoms with Crippen LogP contribution in [0.5, 0.6) is 0 Å². The van der Waals surface area contributed by atoms with E-state index in [0.29, 0.717) is 5.69 Å². The summed E-state index contributed by atoms with van der Waals surface area (Å²) in [6.45, 7) is 3.86. The molecule has 2 unspecified atom stereocenters. The zero-order valence-electron chi connectivity index (χ0n) is 19.2. The van der Waals surface area contributed by atoms with Gasteiger partial charge in [0, 0.05) is 5.69 Å². The van der Waals surface area contributed by atoms with Crippen molar-refractivity contribution in [2.75, 3.05) is 11.2 Å². The van der Waals surface area contributed by atoms with Gasteiger partial charge in [-0.3, -0.25) is 15.0 Å². The largest absolute Gasteiger partial charge is 0.399 e. The number of hydrogen-bond acceptors (Lipinski definition) is 11. The van der Waals surface area contributed by atoms with Crippen LogP contribution < -0.4 is 22.0 Å². The molecule has 0 saturated heterocycles. The van der Waals surface area contributed by atoms with E-state index in [1.165, 1.54) is 23.5 Å². The van der Waals surface area contributed by atoms with E-state index >= 15 is 0 Å². The Bertz CT molecular complexity index is 1290. The number of carbonyl (C=O) groups is 2. The average Bonchev–Trinajstić information content (AvgIpc) is 2.86. The van der Waals surface area contributed by atoms with Gasteiger partial charge in [-0.1, -0.05) is 47.8 Å². The first kappa shape index (κ1) is 26.3. The standard InChI is InChI=1S/C13H10N6OS.C10H11N3OS/c1-8-12(18-19-13(20)21-8)9-2-4-10(5-3-9)16-17-11(6-14)7-15;1-6-9(12-13-10(14)15-6)7-2-4-8(11)5-3-7/h2-5,8,16H,1H3,(H,19,20);2-6H,11H2,1H3,(H,13,14). The summed E-state index contributed by atoms with van der Waals surface area (Å²) in [7, 11) is 0. The number of rotatable bonds is 4. The highest BCUT2D eigenvalue weighted by Crippen LogP contribution is 2.23. The van der Waals surface area contributed by atoms with Crippen molar-refractivity contribution in [3.63, 3.8) is 0 Å². The van der Waals surface area contributed by atoms with Crippen LogP contribution in [-0.4, -0.2) is 38.1 Å². The van der Waals surface area contributed by atoms with Crippen LogP contribution in [0.15, 0.2) is 63.8 Å². The monoisotopic (exact) mass is 519 g/mol. The van der Waals surface area contributed by atoms with E-state index in [-0.39, 0.29) is 26.7 Å². The van der Waals surface area contributed by atoms with Gasteiger partial charge in [0.2, 0.25) is 5.71 Å². The van der Waals surface area contributed by atoms with Crippen LogP contribution in [0.3, 0.4) is 0 Å². The van der Waals surface area contributed by atoms with E-state index in [1.54, 1.807) is 24.3 Å². The number of carbonyl (C=O) groups excluding carboxylic acids is 2. The second-order valence-corrected chi connectivity index (χ2v) is 9.94.